The number of amides is 1. The van der Waals surface area contributed by atoms with Gasteiger partial charge in [-0.15, -0.1) is 0 Å². The number of aliphatic hydroxyl groups excluding tert-OH is 2. The van der Waals surface area contributed by atoms with Gasteiger partial charge in [0.25, 0.3) is 5.91 Å². The monoisotopic (exact) mass is 403 g/mol. The van der Waals surface area contributed by atoms with Gasteiger partial charge >= 0.3 is 0 Å². The number of rotatable bonds is 4. The van der Waals surface area contributed by atoms with Gasteiger partial charge in [-0.05, 0) is 6.07 Å². The van der Waals surface area contributed by atoms with Gasteiger partial charge in [0.05, 0.1) is 12.5 Å². The number of pyridine rings is 1. The molecular formula is C17H18FN7O4. The Morgan fingerprint density at radius 1 is 1.24 bits per heavy atom. The van der Waals surface area contributed by atoms with E-state index in [1.54, 1.807) is 7.05 Å². The number of hydrogen-bond donors (Lipinski definition) is 4. The van der Waals surface area contributed by atoms with Crippen LogP contribution in [0.4, 0.5) is 10.2 Å². The predicted octanol–water partition coefficient (Wildman–Crippen LogP) is -0.566. The molecule has 0 saturated carbocycles. The molecule has 4 rings (SSSR count). The van der Waals surface area contributed by atoms with Crippen LogP contribution < -0.4 is 10.6 Å². The largest absolute Gasteiger partial charge is 0.387 e. The third kappa shape index (κ3) is 3.16. The van der Waals surface area contributed by atoms with Crippen LogP contribution in [-0.2, 0) is 9.53 Å². The van der Waals surface area contributed by atoms with E-state index in [1.165, 1.54) is 30.2 Å². The van der Waals surface area contributed by atoms with Crippen LogP contribution in [0.25, 0.3) is 22.6 Å². The van der Waals surface area contributed by atoms with Gasteiger partial charge in [-0.1, -0.05) is 0 Å². The molecule has 4 atom stereocenters. The second-order valence-electron chi connectivity index (χ2n) is 6.40. The van der Waals surface area contributed by atoms with E-state index in [0.717, 1.165) is 6.20 Å². The molecule has 0 bridgehead atoms. The molecule has 1 aliphatic rings. The van der Waals surface area contributed by atoms with E-state index in [-0.39, 0.29) is 11.5 Å². The fraction of sp³-hybridized carbons (Fsp3) is 0.353. The quantitative estimate of drug-likeness (QED) is 0.450. The summed E-state index contributed by atoms with van der Waals surface area (Å²) in [4.78, 5) is 28.7. The van der Waals surface area contributed by atoms with Gasteiger partial charge in [0, 0.05) is 25.9 Å². The van der Waals surface area contributed by atoms with Crippen molar-refractivity contribution in [1.82, 2.24) is 29.8 Å². The smallest absolute Gasteiger partial charge is 0.251 e. The summed E-state index contributed by atoms with van der Waals surface area (Å²) >= 11 is 0. The number of imidazole rings is 1. The van der Waals surface area contributed by atoms with Crippen LogP contribution in [0.3, 0.4) is 0 Å². The maximum Gasteiger partial charge on any atom is 0.251 e. The average Bonchev–Trinajstić information content (AvgIpc) is 3.28. The highest BCUT2D eigenvalue weighted by molar-refractivity contribution is 5.85. The normalized spacial score (nSPS) is 24.0. The summed E-state index contributed by atoms with van der Waals surface area (Å²) in [6.45, 7) is 0. The maximum absolute atomic E-state index is 13.6. The second-order valence-corrected chi connectivity index (χ2v) is 6.40. The van der Waals surface area contributed by atoms with Gasteiger partial charge in [-0.25, -0.2) is 19.3 Å². The third-order valence-electron chi connectivity index (χ3n) is 4.64. The van der Waals surface area contributed by atoms with Crippen LogP contribution in [-0.4, -0.2) is 73.0 Å². The molecule has 4 N–H and O–H groups in total. The summed E-state index contributed by atoms with van der Waals surface area (Å²) in [5.41, 5.74) is 0.971. The van der Waals surface area contributed by atoms with E-state index in [0.29, 0.717) is 16.9 Å². The van der Waals surface area contributed by atoms with Crippen molar-refractivity contribution < 1.29 is 24.1 Å². The Kier molecular flexibility index (Phi) is 4.82. The molecule has 0 aromatic carbocycles. The third-order valence-corrected chi connectivity index (χ3v) is 4.64. The van der Waals surface area contributed by atoms with E-state index < -0.39 is 36.3 Å². The number of halogens is 1. The van der Waals surface area contributed by atoms with Crippen LogP contribution in [0, 0.1) is 5.82 Å². The molecular weight excluding hydrogens is 385 g/mol. The van der Waals surface area contributed by atoms with Crippen LogP contribution in [0.15, 0.2) is 24.8 Å². The first kappa shape index (κ1) is 19.1. The standard InChI is InChI=1S/C17H18FN7O4/c1-19-14-9-15(24-13(23-14)7-3-8(18)5-21-4-7)25(6-22-9)17-11(27)10(26)12(29-17)16(28)20-2/h3-6,10-12,17,26-27H,1-2H3,(H,20,28)(H,19,23,24)/t10-,11+,12-,17?/m0/s1. The number of aromatic nitrogens is 5. The number of nitrogens with zero attached hydrogens (tertiary/aromatic N) is 5. The molecule has 3 aromatic heterocycles. The summed E-state index contributed by atoms with van der Waals surface area (Å²) in [7, 11) is 3.04. The van der Waals surface area contributed by atoms with E-state index in [2.05, 4.69) is 30.6 Å². The number of likely N-dealkylation sites (N-methyl/N-ethyl adjacent to an activating group) is 1. The number of carbonyl (C=O) groups excluding carboxylic acids is 1. The number of fused-ring (bicyclic) bond motifs is 1. The number of ether oxygens (including phenoxy) is 1. The zero-order valence-corrected chi connectivity index (χ0v) is 15.4. The number of anilines is 1. The van der Waals surface area contributed by atoms with Gasteiger partial charge in [0.15, 0.2) is 35.1 Å². The first-order chi connectivity index (χ1) is 13.9. The fourth-order valence-electron chi connectivity index (χ4n) is 3.19. The van der Waals surface area contributed by atoms with Crippen molar-refractivity contribution in [3.05, 3.63) is 30.6 Å². The van der Waals surface area contributed by atoms with Gasteiger partial charge < -0.3 is 25.6 Å². The fourth-order valence-corrected chi connectivity index (χ4v) is 3.19. The minimum absolute atomic E-state index is 0.173. The van der Waals surface area contributed by atoms with E-state index in [1.807, 2.05) is 0 Å². The molecule has 1 fully saturated rings. The molecule has 1 unspecified atom stereocenters. The average molecular weight is 403 g/mol. The lowest BCUT2D eigenvalue weighted by atomic mass is 10.1. The zero-order chi connectivity index (χ0) is 20.7. The van der Waals surface area contributed by atoms with Crippen LogP contribution in [0.5, 0.6) is 0 Å². The minimum atomic E-state index is -1.44. The minimum Gasteiger partial charge on any atom is -0.387 e. The molecule has 11 nitrogen and oxygen atoms in total. The Morgan fingerprint density at radius 3 is 2.72 bits per heavy atom. The van der Waals surface area contributed by atoms with E-state index >= 15 is 0 Å². The molecule has 29 heavy (non-hydrogen) atoms. The lowest BCUT2D eigenvalue weighted by Gasteiger charge is -2.17. The summed E-state index contributed by atoms with van der Waals surface area (Å²) < 4.78 is 20.6. The molecule has 12 heteroatoms. The topological polar surface area (TPSA) is 147 Å². The van der Waals surface area contributed by atoms with Crippen molar-refractivity contribution in [2.75, 3.05) is 19.4 Å². The van der Waals surface area contributed by atoms with Crippen molar-refractivity contribution in [2.24, 2.45) is 0 Å². The number of hydrogen-bond acceptors (Lipinski definition) is 9. The van der Waals surface area contributed by atoms with Crippen molar-refractivity contribution in [3.8, 4) is 11.4 Å². The highest BCUT2D eigenvalue weighted by atomic mass is 19.1. The van der Waals surface area contributed by atoms with Crippen LogP contribution in [0.2, 0.25) is 0 Å². The first-order valence-electron chi connectivity index (χ1n) is 8.71. The lowest BCUT2D eigenvalue weighted by Crippen LogP contribution is -2.41. The van der Waals surface area contributed by atoms with E-state index in [4.69, 9.17) is 4.74 Å². The molecule has 0 aliphatic carbocycles. The Labute approximate surface area is 163 Å². The second kappa shape index (κ2) is 7.31. The molecule has 4 heterocycles. The van der Waals surface area contributed by atoms with Gasteiger partial charge in [0.1, 0.15) is 18.0 Å². The predicted molar refractivity (Wildman–Crippen MR) is 98.0 cm³/mol. The Balaban J connectivity index is 1.82. The number of aliphatic hydroxyl groups is 2. The summed E-state index contributed by atoms with van der Waals surface area (Å²) in [6, 6.07) is 1.24. The highest BCUT2D eigenvalue weighted by Crippen LogP contribution is 2.33. The van der Waals surface area contributed by atoms with Crippen molar-refractivity contribution in [1.29, 1.82) is 0 Å². The van der Waals surface area contributed by atoms with Crippen molar-refractivity contribution in [2.45, 2.75) is 24.5 Å². The molecule has 1 saturated heterocycles. The zero-order valence-electron chi connectivity index (χ0n) is 15.4. The lowest BCUT2D eigenvalue weighted by molar-refractivity contribution is -0.137. The molecule has 1 amide bonds. The Bertz CT molecular complexity index is 1080. The van der Waals surface area contributed by atoms with Crippen molar-refractivity contribution in [3.63, 3.8) is 0 Å². The summed E-state index contributed by atoms with van der Waals surface area (Å²) in [5.74, 6) is -0.576. The number of nitrogens with one attached hydrogen (secondary N) is 2. The molecule has 152 valence electrons. The van der Waals surface area contributed by atoms with Gasteiger partial charge in [-0.3, -0.25) is 14.3 Å². The van der Waals surface area contributed by atoms with Crippen LogP contribution >= 0.6 is 0 Å². The van der Waals surface area contributed by atoms with Gasteiger partial charge in [-0.2, -0.15) is 0 Å². The Morgan fingerprint density at radius 2 is 2.03 bits per heavy atom. The maximum atomic E-state index is 13.6. The molecule has 3 aromatic rings. The first-order valence-corrected chi connectivity index (χ1v) is 8.71. The summed E-state index contributed by atoms with van der Waals surface area (Å²) in [5, 5.41) is 25.9. The molecule has 0 spiro atoms. The number of carbonyl (C=O) groups is 1. The Hall–Kier alpha value is -3.22. The summed E-state index contributed by atoms with van der Waals surface area (Å²) in [6.07, 6.45) is -1.37. The van der Waals surface area contributed by atoms with Crippen molar-refractivity contribution >= 4 is 22.9 Å². The van der Waals surface area contributed by atoms with E-state index in [9.17, 15) is 19.4 Å². The van der Waals surface area contributed by atoms with Crippen LogP contribution in [0.1, 0.15) is 6.23 Å². The molecule has 0 radical (unpaired) electrons. The van der Waals surface area contributed by atoms with Gasteiger partial charge in [0.2, 0.25) is 0 Å². The molecule has 1 aliphatic heterocycles. The highest BCUT2D eigenvalue weighted by Gasteiger charge is 2.47. The SMILES string of the molecule is CNC(=O)[C@H]1OC(n2cnc3c(NC)nc(-c4cncc(F)c4)nc32)[C@H](O)[C@@H]1O.